The first-order chi connectivity index (χ1) is 10.1. The molecule has 7 nitrogen and oxygen atoms in total. The van der Waals surface area contributed by atoms with E-state index >= 15 is 0 Å². The molecule has 0 spiro atoms. The molecule has 1 fully saturated rings. The largest absolute Gasteiger partial charge is 0.476 e. The molecule has 1 aliphatic rings. The van der Waals surface area contributed by atoms with E-state index in [0.717, 1.165) is 18.8 Å². The lowest BCUT2D eigenvalue weighted by molar-refractivity contribution is -0.121. The summed E-state index contributed by atoms with van der Waals surface area (Å²) in [6, 6.07) is 0. The zero-order valence-corrected chi connectivity index (χ0v) is 12.1. The third-order valence-electron chi connectivity index (χ3n) is 3.90. The first kappa shape index (κ1) is 15.5. The van der Waals surface area contributed by atoms with Crippen molar-refractivity contribution < 1.29 is 14.7 Å². The zero-order valence-electron chi connectivity index (χ0n) is 12.1. The number of rotatable bonds is 8. The van der Waals surface area contributed by atoms with Crippen molar-refractivity contribution in [2.24, 2.45) is 5.92 Å². The van der Waals surface area contributed by atoms with Crippen LogP contribution in [0.1, 0.15) is 55.4 Å². The summed E-state index contributed by atoms with van der Waals surface area (Å²) in [5.41, 5.74) is -0.153. The van der Waals surface area contributed by atoms with Gasteiger partial charge in [0.1, 0.15) is 6.54 Å². The highest BCUT2D eigenvalue weighted by molar-refractivity contribution is 5.84. The Balaban J connectivity index is 1.57. The third-order valence-corrected chi connectivity index (χ3v) is 3.90. The topological polar surface area (TPSA) is 97.1 Å². The van der Waals surface area contributed by atoms with Crippen LogP contribution in [-0.2, 0) is 11.3 Å². The molecule has 0 aromatic carbocycles. The molecule has 1 amide bonds. The molecule has 0 unspecified atom stereocenters. The van der Waals surface area contributed by atoms with Crippen LogP contribution in [0.4, 0.5) is 0 Å². The van der Waals surface area contributed by atoms with Crippen molar-refractivity contribution in [1.29, 1.82) is 0 Å². The second kappa shape index (κ2) is 7.75. The first-order valence-corrected chi connectivity index (χ1v) is 7.55. The first-order valence-electron chi connectivity index (χ1n) is 7.55. The van der Waals surface area contributed by atoms with E-state index in [2.05, 4.69) is 15.6 Å². The minimum atomic E-state index is -1.14. The molecule has 0 radical (unpaired) electrons. The van der Waals surface area contributed by atoms with Crippen molar-refractivity contribution in [1.82, 2.24) is 20.3 Å². The maximum atomic E-state index is 11.7. The van der Waals surface area contributed by atoms with Gasteiger partial charge >= 0.3 is 5.97 Å². The number of amides is 1. The molecular weight excluding hydrogens is 272 g/mol. The minimum Gasteiger partial charge on any atom is -0.476 e. The molecule has 1 aromatic rings. The van der Waals surface area contributed by atoms with E-state index in [1.807, 2.05) is 0 Å². The smallest absolute Gasteiger partial charge is 0.358 e. The standard InChI is InChI=1S/C14H22N4O3/c19-13(10-18-9-12(14(20)21)16-17-18)15-8-4-3-7-11-5-1-2-6-11/h9,11H,1-8,10H2,(H,15,19)(H,20,21). The summed E-state index contributed by atoms with van der Waals surface area (Å²) in [4.78, 5) is 22.3. The summed E-state index contributed by atoms with van der Waals surface area (Å²) < 4.78 is 1.23. The number of carboxylic acid groups (broad SMARTS) is 1. The van der Waals surface area contributed by atoms with Crippen molar-refractivity contribution in [2.75, 3.05) is 6.54 Å². The molecule has 1 aliphatic carbocycles. The van der Waals surface area contributed by atoms with E-state index in [9.17, 15) is 9.59 Å². The van der Waals surface area contributed by atoms with Gasteiger partial charge in [0.15, 0.2) is 5.69 Å². The molecule has 1 aromatic heterocycles. The lowest BCUT2D eigenvalue weighted by atomic mass is 10.0. The molecule has 116 valence electrons. The number of aromatic carboxylic acids is 1. The van der Waals surface area contributed by atoms with Crippen molar-refractivity contribution in [2.45, 2.75) is 51.5 Å². The number of carboxylic acids is 1. The van der Waals surface area contributed by atoms with Crippen LogP contribution in [-0.4, -0.2) is 38.5 Å². The Kier molecular flexibility index (Phi) is 5.71. The zero-order chi connectivity index (χ0) is 15.1. The molecule has 7 heteroatoms. The molecular formula is C14H22N4O3. The molecule has 0 bridgehead atoms. The summed E-state index contributed by atoms with van der Waals surface area (Å²) in [6.07, 6.45) is 10.1. The van der Waals surface area contributed by atoms with Crippen LogP contribution < -0.4 is 5.32 Å². The number of aromatic nitrogens is 3. The molecule has 2 N–H and O–H groups in total. The van der Waals surface area contributed by atoms with Gasteiger partial charge in [0.05, 0.1) is 6.20 Å². The Morgan fingerprint density at radius 2 is 2.10 bits per heavy atom. The predicted octanol–water partition coefficient (Wildman–Crippen LogP) is 1.45. The van der Waals surface area contributed by atoms with Crippen molar-refractivity contribution >= 4 is 11.9 Å². The third kappa shape index (κ3) is 5.17. The maximum absolute atomic E-state index is 11.7. The number of unbranched alkanes of at least 4 members (excludes halogenated alkanes) is 1. The van der Waals surface area contributed by atoms with E-state index in [0.29, 0.717) is 6.54 Å². The van der Waals surface area contributed by atoms with E-state index in [1.54, 1.807) is 0 Å². The predicted molar refractivity (Wildman–Crippen MR) is 75.8 cm³/mol. The van der Waals surface area contributed by atoms with E-state index in [4.69, 9.17) is 5.11 Å². The lowest BCUT2D eigenvalue weighted by Gasteiger charge is -2.08. The maximum Gasteiger partial charge on any atom is 0.358 e. The van der Waals surface area contributed by atoms with Gasteiger partial charge in [-0.2, -0.15) is 0 Å². The number of hydrogen-bond donors (Lipinski definition) is 2. The van der Waals surface area contributed by atoms with Crippen LogP contribution in [0, 0.1) is 5.92 Å². The number of nitrogens with zero attached hydrogens (tertiary/aromatic N) is 3. The Labute approximate surface area is 123 Å². The van der Waals surface area contributed by atoms with Crippen LogP contribution in [0.5, 0.6) is 0 Å². The molecule has 0 saturated heterocycles. The Morgan fingerprint density at radius 3 is 2.76 bits per heavy atom. The van der Waals surface area contributed by atoms with Gasteiger partial charge in [0.25, 0.3) is 0 Å². The highest BCUT2D eigenvalue weighted by atomic mass is 16.4. The Hall–Kier alpha value is -1.92. The summed E-state index contributed by atoms with van der Waals surface area (Å²) in [5.74, 6) is -0.420. The van der Waals surface area contributed by atoms with Crippen LogP contribution in [0.25, 0.3) is 0 Å². The van der Waals surface area contributed by atoms with Gasteiger partial charge in [0, 0.05) is 6.54 Å². The van der Waals surface area contributed by atoms with Gasteiger partial charge in [-0.05, 0) is 12.3 Å². The normalized spacial score (nSPS) is 15.2. The Morgan fingerprint density at radius 1 is 1.33 bits per heavy atom. The number of carbonyl (C=O) groups is 2. The fraction of sp³-hybridized carbons (Fsp3) is 0.714. The fourth-order valence-electron chi connectivity index (χ4n) is 2.76. The molecule has 1 saturated carbocycles. The van der Waals surface area contributed by atoms with Gasteiger partial charge in [-0.25, -0.2) is 9.48 Å². The molecule has 2 rings (SSSR count). The Bertz CT molecular complexity index is 480. The SMILES string of the molecule is O=C(Cn1cc(C(=O)O)nn1)NCCCCC1CCCC1. The highest BCUT2D eigenvalue weighted by Gasteiger charge is 2.14. The highest BCUT2D eigenvalue weighted by Crippen LogP contribution is 2.28. The van der Waals surface area contributed by atoms with Crippen molar-refractivity contribution in [3.63, 3.8) is 0 Å². The monoisotopic (exact) mass is 294 g/mol. The van der Waals surface area contributed by atoms with E-state index < -0.39 is 5.97 Å². The van der Waals surface area contributed by atoms with Crippen LogP contribution in [0.15, 0.2) is 6.20 Å². The minimum absolute atomic E-state index is 0.00288. The van der Waals surface area contributed by atoms with E-state index in [-0.39, 0.29) is 18.1 Å². The second-order valence-corrected chi connectivity index (χ2v) is 5.60. The molecule has 0 atom stereocenters. The van der Waals surface area contributed by atoms with Crippen molar-refractivity contribution in [3.8, 4) is 0 Å². The summed E-state index contributed by atoms with van der Waals surface area (Å²) in [5, 5.41) is 18.6. The fourth-order valence-corrected chi connectivity index (χ4v) is 2.76. The summed E-state index contributed by atoms with van der Waals surface area (Å²) >= 11 is 0. The summed E-state index contributed by atoms with van der Waals surface area (Å²) in [7, 11) is 0. The van der Waals surface area contributed by atoms with Crippen molar-refractivity contribution in [3.05, 3.63) is 11.9 Å². The van der Waals surface area contributed by atoms with Crippen LogP contribution >= 0.6 is 0 Å². The van der Waals surface area contributed by atoms with E-state index in [1.165, 1.54) is 43.0 Å². The summed E-state index contributed by atoms with van der Waals surface area (Å²) in [6.45, 7) is 0.662. The number of carbonyl (C=O) groups excluding carboxylic acids is 1. The van der Waals surface area contributed by atoms with Gasteiger partial charge in [-0.1, -0.05) is 43.7 Å². The molecule has 21 heavy (non-hydrogen) atoms. The van der Waals surface area contributed by atoms with Gasteiger partial charge < -0.3 is 10.4 Å². The van der Waals surface area contributed by atoms with Crippen LogP contribution in [0.3, 0.4) is 0 Å². The average molecular weight is 294 g/mol. The number of hydrogen-bond acceptors (Lipinski definition) is 4. The van der Waals surface area contributed by atoms with Gasteiger partial charge in [-0.3, -0.25) is 4.79 Å². The van der Waals surface area contributed by atoms with Crippen LogP contribution in [0.2, 0.25) is 0 Å². The number of nitrogens with one attached hydrogen (secondary N) is 1. The molecule has 1 heterocycles. The molecule has 0 aliphatic heterocycles. The lowest BCUT2D eigenvalue weighted by Crippen LogP contribution is -2.28. The van der Waals surface area contributed by atoms with Gasteiger partial charge in [-0.15, -0.1) is 5.10 Å². The second-order valence-electron chi connectivity index (χ2n) is 5.60. The van der Waals surface area contributed by atoms with Gasteiger partial charge in [0.2, 0.25) is 5.91 Å². The average Bonchev–Trinajstić information content (AvgIpc) is 3.09. The quantitative estimate of drug-likeness (QED) is 0.707.